The lowest BCUT2D eigenvalue weighted by atomic mass is 9.78. The van der Waals surface area contributed by atoms with Gasteiger partial charge in [-0.25, -0.2) is 14.4 Å². The van der Waals surface area contributed by atoms with Crippen LogP contribution in [0.25, 0.3) is 0 Å². The molecule has 0 heterocycles. The van der Waals surface area contributed by atoms with Crippen molar-refractivity contribution >= 4 is 17.9 Å². The van der Waals surface area contributed by atoms with E-state index in [9.17, 15) is 14.4 Å². The largest absolute Gasteiger partial charge is 0.473 e. The predicted octanol–water partition coefficient (Wildman–Crippen LogP) is 4.60. The molecule has 0 aliphatic heterocycles. The van der Waals surface area contributed by atoms with Gasteiger partial charge in [-0.1, -0.05) is 26.3 Å². The lowest BCUT2D eigenvalue weighted by Gasteiger charge is -2.42. The molecule has 0 aromatic carbocycles. The first kappa shape index (κ1) is 32.1. The molecule has 1 fully saturated rings. The lowest BCUT2D eigenvalue weighted by Crippen LogP contribution is -2.46. The normalized spacial score (nSPS) is 22.4. The van der Waals surface area contributed by atoms with Crippen molar-refractivity contribution in [2.45, 2.75) is 104 Å². The van der Waals surface area contributed by atoms with Crippen molar-refractivity contribution in [1.82, 2.24) is 0 Å². The summed E-state index contributed by atoms with van der Waals surface area (Å²) in [6.45, 7) is 23.9. The zero-order valence-electron chi connectivity index (χ0n) is 22.7. The fraction of sp³-hybridized carbons (Fsp3) is 0.593. The first-order chi connectivity index (χ1) is 17.2. The molecule has 1 saturated carbocycles. The molecule has 0 bridgehead atoms. The van der Waals surface area contributed by atoms with Gasteiger partial charge in [0.25, 0.3) is 0 Å². The predicted molar refractivity (Wildman–Crippen MR) is 134 cm³/mol. The van der Waals surface area contributed by atoms with Gasteiger partial charge in [0.2, 0.25) is 18.9 Å². The van der Waals surface area contributed by atoms with Crippen molar-refractivity contribution < 1.29 is 47.5 Å². The molecule has 0 amide bonds. The van der Waals surface area contributed by atoms with Gasteiger partial charge in [-0.15, -0.1) is 0 Å². The molecule has 10 nitrogen and oxygen atoms in total. The Morgan fingerprint density at radius 2 is 1.27 bits per heavy atom. The van der Waals surface area contributed by atoms with E-state index in [1.165, 1.54) is 20.1 Å². The summed E-state index contributed by atoms with van der Waals surface area (Å²) in [7, 11) is 0. The van der Waals surface area contributed by atoms with Gasteiger partial charge in [0.1, 0.15) is 5.60 Å². The molecule has 4 unspecified atom stereocenters. The highest BCUT2D eigenvalue weighted by Gasteiger charge is 2.45. The van der Waals surface area contributed by atoms with Crippen molar-refractivity contribution in [2.75, 3.05) is 0 Å². The van der Waals surface area contributed by atoms with E-state index < -0.39 is 48.7 Å². The van der Waals surface area contributed by atoms with Crippen molar-refractivity contribution in [3.8, 4) is 0 Å². The Hall–Kier alpha value is -2.95. The summed E-state index contributed by atoms with van der Waals surface area (Å²) in [5.41, 5.74) is -0.686. The van der Waals surface area contributed by atoms with E-state index >= 15 is 0 Å². The highest BCUT2D eigenvalue weighted by Crippen LogP contribution is 2.40. The van der Waals surface area contributed by atoms with Crippen LogP contribution in [0.3, 0.4) is 0 Å². The van der Waals surface area contributed by atoms with E-state index in [1.54, 1.807) is 27.7 Å². The first-order valence-corrected chi connectivity index (χ1v) is 12.1. The smallest absolute Gasteiger partial charge is 0.338 e. The molecule has 0 spiro atoms. The molecular weight excluding hydrogens is 484 g/mol. The number of hydrogen-bond acceptors (Lipinski definition) is 10. The summed E-state index contributed by atoms with van der Waals surface area (Å²) in [5.74, 6) is -1.91. The number of ether oxygens (including phenoxy) is 7. The lowest BCUT2D eigenvalue weighted by molar-refractivity contribution is -0.225. The molecule has 1 rings (SSSR count). The number of carbonyl (C=O) groups excluding carboxylic acids is 3. The second-order valence-corrected chi connectivity index (χ2v) is 8.91. The van der Waals surface area contributed by atoms with Crippen LogP contribution < -0.4 is 0 Å². The summed E-state index contributed by atoms with van der Waals surface area (Å²) < 4.78 is 38.4. The second-order valence-electron chi connectivity index (χ2n) is 8.91. The molecular formula is C27H40O10. The fourth-order valence-electron chi connectivity index (χ4n) is 3.70. The molecule has 37 heavy (non-hydrogen) atoms. The standard InChI is InChI=1S/C27H40O10/c1-11-31-19(7)32-20(8)35-26(30)18(6)27(37-22(10)36-25(29)17(4)5)14-12-23(13-15-27)33-21(9)34-24(28)16(2)3/h11,19-23H,1-2,4,6,12-15H2,3,5,7-10H3. The molecule has 0 saturated heterocycles. The van der Waals surface area contributed by atoms with Gasteiger partial charge in [-0.2, -0.15) is 0 Å². The Labute approximate surface area is 219 Å². The molecule has 4 atom stereocenters. The Morgan fingerprint density at radius 1 is 0.784 bits per heavy atom. The molecule has 0 radical (unpaired) electrons. The van der Waals surface area contributed by atoms with Gasteiger partial charge in [-0.05, 0) is 67.2 Å². The van der Waals surface area contributed by atoms with E-state index in [0.29, 0.717) is 25.7 Å². The average Bonchev–Trinajstić information content (AvgIpc) is 2.79. The van der Waals surface area contributed by atoms with Gasteiger partial charge in [0, 0.05) is 11.1 Å². The number of esters is 3. The first-order valence-electron chi connectivity index (χ1n) is 12.1. The second kappa shape index (κ2) is 14.7. The zero-order chi connectivity index (χ0) is 28.3. The van der Waals surface area contributed by atoms with Crippen LogP contribution in [-0.2, 0) is 47.5 Å². The van der Waals surface area contributed by atoms with Crippen molar-refractivity contribution in [3.05, 3.63) is 49.3 Å². The third-order valence-electron chi connectivity index (χ3n) is 5.50. The van der Waals surface area contributed by atoms with E-state index in [-0.39, 0.29) is 22.8 Å². The maximum Gasteiger partial charge on any atom is 0.338 e. The quantitative estimate of drug-likeness (QED) is 0.0989. The average molecular weight is 525 g/mol. The van der Waals surface area contributed by atoms with Crippen LogP contribution in [0, 0.1) is 0 Å². The van der Waals surface area contributed by atoms with Crippen molar-refractivity contribution in [2.24, 2.45) is 0 Å². The van der Waals surface area contributed by atoms with Gasteiger partial charge in [0.15, 0.2) is 6.29 Å². The van der Waals surface area contributed by atoms with Crippen molar-refractivity contribution in [1.29, 1.82) is 0 Å². The molecule has 0 aromatic heterocycles. The van der Waals surface area contributed by atoms with Gasteiger partial charge in [-0.3, -0.25) is 0 Å². The van der Waals surface area contributed by atoms with Crippen LogP contribution in [0.4, 0.5) is 0 Å². The van der Waals surface area contributed by atoms with Crippen LogP contribution in [0.2, 0.25) is 0 Å². The van der Waals surface area contributed by atoms with E-state index in [1.807, 2.05) is 0 Å². The Balaban J connectivity index is 2.95. The third kappa shape index (κ3) is 10.5. The minimum Gasteiger partial charge on any atom is -0.473 e. The van der Waals surface area contributed by atoms with Gasteiger partial charge in [0.05, 0.1) is 17.9 Å². The molecule has 0 N–H and O–H groups in total. The number of hydrogen-bond donors (Lipinski definition) is 0. The summed E-state index contributed by atoms with van der Waals surface area (Å²) >= 11 is 0. The topological polar surface area (TPSA) is 116 Å². The van der Waals surface area contributed by atoms with E-state index in [2.05, 4.69) is 26.3 Å². The van der Waals surface area contributed by atoms with Gasteiger partial charge < -0.3 is 33.2 Å². The number of rotatable bonds is 15. The Bertz CT molecular complexity index is 868. The highest BCUT2D eigenvalue weighted by atomic mass is 16.8. The SMILES string of the molecule is C=COC(C)OC(C)OC(=O)C(=C)C1(OC(C)OC(=O)C(=C)C)CCC(OC(C)OC(=O)C(=C)C)CC1. The van der Waals surface area contributed by atoms with Crippen LogP contribution >= 0.6 is 0 Å². The number of carbonyl (C=O) groups is 3. The molecule has 10 heteroatoms. The maximum absolute atomic E-state index is 13.0. The monoisotopic (exact) mass is 524 g/mol. The van der Waals surface area contributed by atoms with Gasteiger partial charge >= 0.3 is 17.9 Å². The molecule has 208 valence electrons. The Morgan fingerprint density at radius 3 is 1.76 bits per heavy atom. The summed E-state index contributed by atoms with van der Waals surface area (Å²) in [5, 5.41) is 0. The minimum absolute atomic E-state index is 0.0404. The van der Waals surface area contributed by atoms with Crippen molar-refractivity contribution in [3.63, 3.8) is 0 Å². The summed E-state index contributed by atoms with van der Waals surface area (Å²) in [6, 6.07) is 0. The molecule has 1 aliphatic rings. The van der Waals surface area contributed by atoms with Crippen LogP contribution in [0.5, 0.6) is 0 Å². The molecule has 0 aromatic rings. The summed E-state index contributed by atoms with van der Waals surface area (Å²) in [6.07, 6.45) is -0.999. The Kier molecular flexibility index (Phi) is 12.7. The third-order valence-corrected chi connectivity index (χ3v) is 5.50. The van der Waals surface area contributed by atoms with Crippen LogP contribution in [-0.4, -0.2) is 54.8 Å². The van der Waals surface area contributed by atoms with Crippen LogP contribution in [0.1, 0.15) is 67.2 Å². The highest BCUT2D eigenvalue weighted by molar-refractivity contribution is 5.90. The van der Waals surface area contributed by atoms with Crippen LogP contribution in [0.15, 0.2) is 49.3 Å². The molecule has 1 aliphatic carbocycles. The maximum atomic E-state index is 13.0. The summed E-state index contributed by atoms with van der Waals surface area (Å²) in [4.78, 5) is 36.7. The van der Waals surface area contributed by atoms with E-state index in [0.717, 1.165) is 0 Å². The minimum atomic E-state index is -1.20. The van der Waals surface area contributed by atoms with E-state index in [4.69, 9.17) is 33.2 Å². The fourth-order valence-corrected chi connectivity index (χ4v) is 3.70. The zero-order valence-corrected chi connectivity index (χ0v) is 22.7.